The Labute approximate surface area is 115 Å². The highest BCUT2D eigenvalue weighted by molar-refractivity contribution is 9.10. The molecule has 2 aromatic carbocycles. The molecule has 0 spiro atoms. The normalized spacial score (nSPS) is 11.8. The van der Waals surface area contributed by atoms with E-state index in [2.05, 4.69) is 71.2 Å². The van der Waals surface area contributed by atoms with E-state index in [1.807, 2.05) is 0 Å². The highest BCUT2D eigenvalue weighted by atomic mass is 79.9. The monoisotopic (exact) mass is 301 g/mol. The lowest BCUT2D eigenvalue weighted by atomic mass is 10.0. The fourth-order valence-corrected chi connectivity index (χ4v) is 2.88. The summed E-state index contributed by atoms with van der Waals surface area (Å²) in [5.41, 5.74) is 3.84. The summed E-state index contributed by atoms with van der Waals surface area (Å²) < 4.78 is 1.13. The predicted octanol–water partition coefficient (Wildman–Crippen LogP) is 5.28. The van der Waals surface area contributed by atoms with Crippen LogP contribution in [-0.4, -0.2) is 4.98 Å². The third kappa shape index (κ3) is 2.05. The van der Waals surface area contributed by atoms with Gasteiger partial charge in [0.15, 0.2) is 0 Å². The van der Waals surface area contributed by atoms with Gasteiger partial charge in [0.2, 0.25) is 0 Å². The Morgan fingerprint density at radius 2 is 1.67 bits per heavy atom. The van der Waals surface area contributed by atoms with Crippen molar-refractivity contribution in [3.05, 3.63) is 46.4 Å². The van der Waals surface area contributed by atoms with Gasteiger partial charge in [-0.2, -0.15) is 0 Å². The van der Waals surface area contributed by atoms with E-state index in [0.29, 0.717) is 5.92 Å². The first-order valence-corrected chi connectivity index (χ1v) is 7.12. The SMILES string of the molecule is CC(C)Cc1ccc2[nH]c3ccc(Br)cc3c2c1. The third-order valence-electron chi connectivity index (χ3n) is 3.27. The summed E-state index contributed by atoms with van der Waals surface area (Å²) in [4.78, 5) is 3.46. The van der Waals surface area contributed by atoms with Crippen molar-refractivity contribution in [2.45, 2.75) is 20.3 Å². The van der Waals surface area contributed by atoms with Gasteiger partial charge in [-0.1, -0.05) is 35.8 Å². The molecule has 0 atom stereocenters. The van der Waals surface area contributed by atoms with Crippen molar-refractivity contribution in [2.24, 2.45) is 5.92 Å². The summed E-state index contributed by atoms with van der Waals surface area (Å²) in [7, 11) is 0. The maximum absolute atomic E-state index is 3.55. The van der Waals surface area contributed by atoms with E-state index < -0.39 is 0 Å². The number of aromatic nitrogens is 1. The minimum Gasteiger partial charge on any atom is -0.355 e. The molecule has 0 amide bonds. The Balaban J connectivity index is 2.24. The minimum atomic E-state index is 0.694. The smallest absolute Gasteiger partial charge is 0.0465 e. The molecule has 3 aromatic rings. The summed E-state index contributed by atoms with van der Waals surface area (Å²) in [6.45, 7) is 4.52. The molecule has 1 N–H and O–H groups in total. The molecule has 1 heterocycles. The molecular weight excluding hydrogens is 286 g/mol. The molecular formula is C16H16BrN. The van der Waals surface area contributed by atoms with Crippen LogP contribution in [-0.2, 0) is 6.42 Å². The number of benzene rings is 2. The molecule has 0 aliphatic carbocycles. The van der Waals surface area contributed by atoms with Gasteiger partial charge in [0.25, 0.3) is 0 Å². The van der Waals surface area contributed by atoms with Crippen LogP contribution in [0.2, 0.25) is 0 Å². The van der Waals surface area contributed by atoms with E-state index in [1.165, 1.54) is 27.4 Å². The summed E-state index contributed by atoms with van der Waals surface area (Å²) in [5, 5.41) is 2.62. The number of fused-ring (bicyclic) bond motifs is 3. The van der Waals surface area contributed by atoms with E-state index in [0.717, 1.165) is 10.9 Å². The van der Waals surface area contributed by atoms with Crippen molar-refractivity contribution >= 4 is 37.7 Å². The first kappa shape index (κ1) is 11.8. The highest BCUT2D eigenvalue weighted by Gasteiger charge is 2.06. The fraction of sp³-hybridized carbons (Fsp3) is 0.250. The molecule has 0 saturated carbocycles. The van der Waals surface area contributed by atoms with Crippen molar-refractivity contribution in [2.75, 3.05) is 0 Å². The van der Waals surface area contributed by atoms with E-state index in [4.69, 9.17) is 0 Å². The van der Waals surface area contributed by atoms with Crippen LogP contribution in [0.4, 0.5) is 0 Å². The van der Waals surface area contributed by atoms with Gasteiger partial charge >= 0.3 is 0 Å². The average Bonchev–Trinajstić information content (AvgIpc) is 2.66. The maximum atomic E-state index is 3.55. The predicted molar refractivity (Wildman–Crippen MR) is 82.0 cm³/mol. The second kappa shape index (κ2) is 4.43. The summed E-state index contributed by atoms with van der Waals surface area (Å²) in [5.74, 6) is 0.694. The Bertz CT molecular complexity index is 710. The zero-order valence-corrected chi connectivity index (χ0v) is 12.2. The van der Waals surface area contributed by atoms with Crippen LogP contribution in [0.25, 0.3) is 21.8 Å². The standard InChI is InChI=1S/C16H16BrN/c1-10(2)7-11-3-5-15-13(8-11)14-9-12(17)4-6-16(14)18-15/h3-6,8-10,18H,7H2,1-2H3. The number of nitrogens with one attached hydrogen (secondary N) is 1. The van der Waals surface area contributed by atoms with Crippen molar-refractivity contribution in [1.29, 1.82) is 0 Å². The first-order chi connectivity index (χ1) is 8.63. The largest absolute Gasteiger partial charge is 0.355 e. The molecule has 0 bridgehead atoms. The van der Waals surface area contributed by atoms with Gasteiger partial charge in [-0.15, -0.1) is 0 Å². The molecule has 0 unspecified atom stereocenters. The number of hydrogen-bond acceptors (Lipinski definition) is 0. The zero-order chi connectivity index (χ0) is 12.7. The molecule has 0 aliphatic heterocycles. The number of H-pyrrole nitrogens is 1. The second-order valence-electron chi connectivity index (χ2n) is 5.29. The lowest BCUT2D eigenvalue weighted by Crippen LogP contribution is -1.93. The second-order valence-corrected chi connectivity index (χ2v) is 6.21. The van der Waals surface area contributed by atoms with Crippen molar-refractivity contribution in [3.8, 4) is 0 Å². The van der Waals surface area contributed by atoms with E-state index in [-0.39, 0.29) is 0 Å². The molecule has 1 aromatic heterocycles. The third-order valence-corrected chi connectivity index (χ3v) is 3.76. The van der Waals surface area contributed by atoms with Crippen molar-refractivity contribution < 1.29 is 0 Å². The molecule has 0 saturated heterocycles. The molecule has 0 fully saturated rings. The maximum Gasteiger partial charge on any atom is 0.0465 e. The van der Waals surface area contributed by atoms with Crippen LogP contribution in [0.5, 0.6) is 0 Å². The van der Waals surface area contributed by atoms with Crippen LogP contribution in [0, 0.1) is 5.92 Å². The Hall–Kier alpha value is -1.28. The Morgan fingerprint density at radius 1 is 1.00 bits per heavy atom. The van der Waals surface area contributed by atoms with Gasteiger partial charge in [-0.25, -0.2) is 0 Å². The number of halogens is 1. The highest BCUT2D eigenvalue weighted by Crippen LogP contribution is 2.29. The average molecular weight is 302 g/mol. The van der Waals surface area contributed by atoms with E-state index in [9.17, 15) is 0 Å². The lowest BCUT2D eigenvalue weighted by molar-refractivity contribution is 0.648. The van der Waals surface area contributed by atoms with Crippen LogP contribution in [0.1, 0.15) is 19.4 Å². The summed E-state index contributed by atoms with van der Waals surface area (Å²) in [6.07, 6.45) is 1.14. The van der Waals surface area contributed by atoms with Crippen LogP contribution >= 0.6 is 15.9 Å². The Kier molecular flexibility index (Phi) is 2.90. The van der Waals surface area contributed by atoms with Crippen LogP contribution < -0.4 is 0 Å². The van der Waals surface area contributed by atoms with Crippen molar-refractivity contribution in [3.63, 3.8) is 0 Å². The minimum absolute atomic E-state index is 0.694. The van der Waals surface area contributed by atoms with Crippen LogP contribution in [0.3, 0.4) is 0 Å². The zero-order valence-electron chi connectivity index (χ0n) is 10.6. The molecule has 1 nitrogen and oxygen atoms in total. The fourth-order valence-electron chi connectivity index (χ4n) is 2.52. The van der Waals surface area contributed by atoms with Gasteiger partial charge in [0.05, 0.1) is 0 Å². The quantitative estimate of drug-likeness (QED) is 0.662. The van der Waals surface area contributed by atoms with Gasteiger partial charge in [-0.3, -0.25) is 0 Å². The topological polar surface area (TPSA) is 15.8 Å². The molecule has 18 heavy (non-hydrogen) atoms. The van der Waals surface area contributed by atoms with E-state index >= 15 is 0 Å². The Morgan fingerprint density at radius 3 is 2.39 bits per heavy atom. The van der Waals surface area contributed by atoms with Gasteiger partial charge < -0.3 is 4.98 Å². The molecule has 2 heteroatoms. The number of rotatable bonds is 2. The van der Waals surface area contributed by atoms with Gasteiger partial charge in [-0.05, 0) is 48.2 Å². The van der Waals surface area contributed by atoms with E-state index in [1.54, 1.807) is 0 Å². The molecule has 3 rings (SSSR count). The van der Waals surface area contributed by atoms with Crippen molar-refractivity contribution in [1.82, 2.24) is 4.98 Å². The lowest BCUT2D eigenvalue weighted by Gasteiger charge is -2.04. The summed E-state index contributed by atoms with van der Waals surface area (Å²) >= 11 is 3.55. The summed E-state index contributed by atoms with van der Waals surface area (Å²) in [6, 6.07) is 13.1. The molecule has 92 valence electrons. The molecule has 0 aliphatic rings. The van der Waals surface area contributed by atoms with Crippen LogP contribution in [0.15, 0.2) is 40.9 Å². The van der Waals surface area contributed by atoms with Gasteiger partial charge in [0.1, 0.15) is 0 Å². The first-order valence-electron chi connectivity index (χ1n) is 6.33. The number of hydrogen-bond donors (Lipinski definition) is 1. The molecule has 0 radical (unpaired) electrons. The van der Waals surface area contributed by atoms with Gasteiger partial charge in [0, 0.05) is 26.3 Å². The number of aromatic amines is 1.